The van der Waals surface area contributed by atoms with Crippen LogP contribution in [0.5, 0.6) is 0 Å². The Balaban J connectivity index is 0.000000153. The lowest BCUT2D eigenvalue weighted by Gasteiger charge is -2.28. The van der Waals surface area contributed by atoms with E-state index in [2.05, 4.69) is 66.3 Å². The largest absolute Gasteiger partial charge is 0.448 e. The highest BCUT2D eigenvalue weighted by atomic mass is 31.2. The van der Waals surface area contributed by atoms with Gasteiger partial charge in [-0.2, -0.15) is 19.9 Å². The number of carbonyl (C=O) groups is 8. The Morgan fingerprint density at radius 1 is 0.397 bits per heavy atom. The fourth-order valence-corrected chi connectivity index (χ4v) is 13.5. The fourth-order valence-electron chi connectivity index (χ4n) is 12.3. The van der Waals surface area contributed by atoms with Crippen LogP contribution in [-0.2, 0) is 42.0 Å². The zero-order valence-corrected chi connectivity index (χ0v) is 68.5. The fraction of sp³-hybridized carbons (Fsp3) is 0.256. The third-order valence-electron chi connectivity index (χ3n) is 18.6. The van der Waals surface area contributed by atoms with Gasteiger partial charge in [0.05, 0.1) is 61.9 Å². The van der Waals surface area contributed by atoms with E-state index in [0.29, 0.717) is 68.1 Å². The Hall–Kier alpha value is -14.2. The summed E-state index contributed by atoms with van der Waals surface area (Å²) in [6.45, 7) is 9.77. The average molecular weight is 1750 g/mol. The molecule has 8 amide bonds. The minimum absolute atomic E-state index is 0.0189. The van der Waals surface area contributed by atoms with Gasteiger partial charge in [0.1, 0.15) is 42.1 Å². The molecule has 0 bridgehead atoms. The average Bonchev–Trinajstić information content (AvgIpc) is 1.68. The summed E-state index contributed by atoms with van der Waals surface area (Å²) < 4.78 is 130. The number of piperidine rings is 1. The van der Waals surface area contributed by atoms with Crippen molar-refractivity contribution in [1.29, 1.82) is 0 Å². The molecule has 0 aliphatic carbocycles. The summed E-state index contributed by atoms with van der Waals surface area (Å²) in [5, 5.41) is 24.1. The number of amides is 8. The molecule has 0 unspecified atom stereocenters. The third-order valence-corrected chi connectivity index (χ3v) is 20.4. The first-order valence-electron chi connectivity index (χ1n) is 39.3. The first-order chi connectivity index (χ1) is 61.0. The van der Waals surface area contributed by atoms with Gasteiger partial charge in [0, 0.05) is 90.1 Å². The molecule has 4 N–H and O–H groups in total. The van der Waals surface area contributed by atoms with Gasteiger partial charge in [-0.3, -0.25) is 49.9 Å². The number of hydrogen-bond acceptors (Lipinski definition) is 31. The lowest BCUT2D eigenvalue weighted by molar-refractivity contribution is 0.00196. The van der Waals surface area contributed by atoms with Crippen LogP contribution in [0.1, 0.15) is 81.0 Å². The SMILES string of the molecule is CCOP(=O)(COC(=O)NC(=O)c1cccc(-c2noc(-c3ccccc3F)n2)c1)OCC.CN1CCC(OC(=O)NC(=O)c2cccc(-c3noc(-c4ccccc4F)n3)c2)CC1.O=C(NC(=O)c1cccc(-c2noc(-c3ccccc3F)n2)c1)OC1CCOCC1.O=C(NC(=O)c1cccc(-c2noc(-c3ccccc3F)n2)c1)OCCN1CCOCC1. The molecule has 0 radical (unpaired) electrons. The smallest absolute Gasteiger partial charge is 0.414 e. The summed E-state index contributed by atoms with van der Waals surface area (Å²) in [4.78, 5) is 119. The molecule has 4 aromatic heterocycles. The molecule has 7 heterocycles. The highest BCUT2D eigenvalue weighted by Crippen LogP contribution is 2.48. The standard InChI is InChI=1S/C22H21FN4O5.C22H21FN4O4.C21H21FN3O7P.C21H18FN3O5/c23-18-7-2-1-6-17(18)21-24-19(26-32-21)15-4-3-5-16(14-15)20(28)25-22(29)31-13-10-27-8-11-30-12-9-27;1-27-11-9-16(10-12-27)30-22(29)25-20(28)15-6-4-5-14(13-15)19-24-21(31-26-19)17-7-2-3-8-18(17)23;1-3-30-33(28,31-4-2)13-29-21(27)24-19(26)15-9-7-8-14(12-15)18-23-20(32-25-18)16-10-5-6-11-17(16)22;22-17-7-2-1-6-16(17)20-23-18(25-30-20)13-4-3-5-14(12-13)19(26)24-21(27)29-15-8-10-28-11-9-15/h1-7,14H,8-13H2,(H,25,28,29);2-8,13,16H,9-12H2,1H3,(H,25,28,29);5-12H,3-4,13H2,1-2H3,(H,24,26,27);1-7,12,15H,8-11H2,(H,24,26,27). The maximum absolute atomic E-state index is 13.9. The highest BCUT2D eigenvalue weighted by molar-refractivity contribution is 7.53. The molecule has 3 fully saturated rings. The van der Waals surface area contributed by atoms with E-state index in [1.165, 1.54) is 91.0 Å². The summed E-state index contributed by atoms with van der Waals surface area (Å²) in [5.74, 6) is -3.82. The summed E-state index contributed by atoms with van der Waals surface area (Å²) >= 11 is 0. The van der Waals surface area contributed by atoms with Crippen molar-refractivity contribution < 1.29 is 116 Å². The number of nitrogens with zero attached hydrogens (tertiary/aromatic N) is 10. The van der Waals surface area contributed by atoms with Crippen LogP contribution < -0.4 is 21.3 Å². The number of morpholine rings is 1. The molecular weight excluding hydrogens is 1670 g/mol. The van der Waals surface area contributed by atoms with Crippen molar-refractivity contribution in [3.8, 4) is 91.4 Å². The normalized spacial score (nSPS) is 13.6. The van der Waals surface area contributed by atoms with E-state index in [9.17, 15) is 60.5 Å². The molecule has 12 aromatic rings. The number of rotatable bonds is 23. The number of alkyl carbamates (subject to hydrolysis) is 4. The Morgan fingerprint density at radius 3 is 1.04 bits per heavy atom. The first-order valence-corrected chi connectivity index (χ1v) is 41.0. The van der Waals surface area contributed by atoms with Crippen LogP contribution in [-0.4, -0.2) is 203 Å². The molecule has 8 aromatic carbocycles. The van der Waals surface area contributed by atoms with Crippen molar-refractivity contribution >= 4 is 55.6 Å². The second-order valence-corrected chi connectivity index (χ2v) is 29.5. The predicted octanol–water partition coefficient (Wildman–Crippen LogP) is 14.5. The van der Waals surface area contributed by atoms with Gasteiger partial charge in [0.25, 0.3) is 47.2 Å². The van der Waals surface area contributed by atoms with Crippen molar-refractivity contribution in [2.45, 2.75) is 51.7 Å². The van der Waals surface area contributed by atoms with Crippen molar-refractivity contribution in [2.75, 3.05) is 92.4 Å². The van der Waals surface area contributed by atoms with Crippen LogP contribution in [0.4, 0.5) is 36.7 Å². The van der Waals surface area contributed by atoms with Crippen LogP contribution in [0.25, 0.3) is 91.4 Å². The van der Waals surface area contributed by atoms with Crippen LogP contribution in [0.3, 0.4) is 0 Å². The van der Waals surface area contributed by atoms with E-state index in [1.807, 2.05) is 12.4 Å². The number of benzene rings is 8. The lowest BCUT2D eigenvalue weighted by atomic mass is 10.1. The van der Waals surface area contributed by atoms with E-state index in [0.717, 1.165) is 39.0 Å². The van der Waals surface area contributed by atoms with Crippen LogP contribution in [0.2, 0.25) is 0 Å². The maximum atomic E-state index is 13.9. The van der Waals surface area contributed by atoms with E-state index in [4.69, 9.17) is 55.6 Å². The Labute approximate surface area is 715 Å². The number of aromatic nitrogens is 8. The van der Waals surface area contributed by atoms with Gasteiger partial charge < -0.3 is 60.5 Å². The number of halogens is 4. The highest BCUT2D eigenvalue weighted by Gasteiger charge is 2.29. The van der Waals surface area contributed by atoms with Crippen LogP contribution in [0, 0.1) is 23.3 Å². The molecule has 0 spiro atoms. The molecule has 0 saturated carbocycles. The number of likely N-dealkylation sites (tertiary alicyclic amines) is 1. The van der Waals surface area contributed by atoms with Crippen molar-refractivity contribution in [1.82, 2.24) is 71.6 Å². The summed E-state index contributed by atoms with van der Waals surface area (Å²) in [6, 6.07) is 49.2. The maximum Gasteiger partial charge on any atom is 0.414 e. The Kier molecular flexibility index (Phi) is 32.3. The summed E-state index contributed by atoms with van der Waals surface area (Å²) in [7, 11) is -1.60. The van der Waals surface area contributed by atoms with Gasteiger partial charge in [-0.15, -0.1) is 0 Å². The van der Waals surface area contributed by atoms with Gasteiger partial charge in [-0.25, -0.2) is 36.7 Å². The van der Waals surface area contributed by atoms with Gasteiger partial charge in [0.2, 0.25) is 23.3 Å². The second-order valence-electron chi connectivity index (χ2n) is 27.5. The molecule has 35 nitrogen and oxygen atoms in total. The van der Waals surface area contributed by atoms with Crippen molar-refractivity contribution in [2.24, 2.45) is 0 Å². The monoisotopic (exact) mass is 1750 g/mol. The Morgan fingerprint density at radius 2 is 0.706 bits per heavy atom. The molecule has 15 rings (SSSR count). The number of ether oxygens (including phenoxy) is 6. The molecule has 3 aliphatic rings. The number of carbonyl (C=O) groups excluding carboxylic acids is 8. The summed E-state index contributed by atoms with van der Waals surface area (Å²) in [6.07, 6.45) is -1.98. The number of hydrogen-bond donors (Lipinski definition) is 4. The molecule has 40 heteroatoms. The zero-order valence-electron chi connectivity index (χ0n) is 67.7. The quantitative estimate of drug-likeness (QED) is 0.0262. The van der Waals surface area contributed by atoms with Crippen molar-refractivity contribution in [3.63, 3.8) is 0 Å². The van der Waals surface area contributed by atoms with E-state index < -0.39 is 85.2 Å². The number of imide groups is 4. The van der Waals surface area contributed by atoms with Gasteiger partial charge in [-0.05, 0) is 131 Å². The molecule has 3 aliphatic heterocycles. The van der Waals surface area contributed by atoms with Gasteiger partial charge in [0.15, 0.2) is 6.35 Å². The number of nitrogens with one attached hydrogen (secondary N) is 4. The molecule has 3 saturated heterocycles. The predicted molar refractivity (Wildman–Crippen MR) is 439 cm³/mol. The minimum atomic E-state index is -3.61. The topological polar surface area (TPSA) is 438 Å². The Bertz CT molecular complexity index is 5830. The van der Waals surface area contributed by atoms with Crippen LogP contribution in [0.15, 0.2) is 212 Å². The summed E-state index contributed by atoms with van der Waals surface area (Å²) in [5.41, 5.74) is 3.30. The van der Waals surface area contributed by atoms with E-state index >= 15 is 0 Å². The lowest BCUT2D eigenvalue weighted by Crippen LogP contribution is -2.39. The second kappa shape index (κ2) is 44.7. The van der Waals surface area contributed by atoms with Crippen LogP contribution >= 0.6 is 7.60 Å². The van der Waals surface area contributed by atoms with Gasteiger partial charge in [-0.1, -0.05) is 118 Å². The van der Waals surface area contributed by atoms with E-state index in [-0.39, 0.29) is 123 Å². The van der Waals surface area contributed by atoms with E-state index in [1.54, 1.807) is 117 Å². The molecular formula is C86H81F4N14O21P. The third kappa shape index (κ3) is 25.9. The minimum Gasteiger partial charge on any atom is -0.448 e. The van der Waals surface area contributed by atoms with Crippen molar-refractivity contribution in [3.05, 3.63) is 240 Å². The molecule has 654 valence electrons. The first kappa shape index (κ1) is 91.0. The molecule has 0 atom stereocenters. The zero-order chi connectivity index (χ0) is 88.9. The van der Waals surface area contributed by atoms with Gasteiger partial charge >= 0.3 is 32.0 Å². The molecule has 126 heavy (non-hydrogen) atoms.